The number of alkyl halides is 4. The molecule has 0 aromatic rings. The van der Waals surface area contributed by atoms with Crippen molar-refractivity contribution in [3.63, 3.8) is 0 Å². The van der Waals surface area contributed by atoms with Gasteiger partial charge in [-0.15, -0.1) is 0 Å². The molecule has 2 aliphatic heterocycles. The maximum atomic E-state index is 14.2. The summed E-state index contributed by atoms with van der Waals surface area (Å²) in [5.74, 6) is -6.01. The van der Waals surface area contributed by atoms with Crippen LogP contribution in [0.2, 0.25) is 0 Å². The van der Waals surface area contributed by atoms with Crippen LogP contribution in [0, 0.1) is 0 Å². The van der Waals surface area contributed by atoms with Crippen LogP contribution in [0.25, 0.3) is 0 Å². The van der Waals surface area contributed by atoms with Gasteiger partial charge in [-0.25, -0.2) is 0 Å². The highest BCUT2D eigenvalue weighted by Gasteiger charge is 2.60. The Labute approximate surface area is 168 Å². The Morgan fingerprint density at radius 1 is 0.759 bits per heavy atom. The number of rotatable bonds is 5. The largest absolute Gasteiger partial charge is 0.419 e. The van der Waals surface area contributed by atoms with Crippen LogP contribution in [0.4, 0.5) is 17.6 Å². The van der Waals surface area contributed by atoms with Crippen molar-refractivity contribution in [1.82, 2.24) is 0 Å². The first kappa shape index (κ1) is 21.7. The molecule has 2 unspecified atom stereocenters. The Morgan fingerprint density at radius 3 is 1.55 bits per heavy atom. The first-order valence-electron chi connectivity index (χ1n) is 10.7. The Bertz CT molecular complexity index is 534. The molecule has 0 aromatic heterocycles. The average Bonchev–Trinajstić information content (AvgIpc) is 3.25. The van der Waals surface area contributed by atoms with E-state index in [0.29, 0.717) is 25.7 Å². The molecule has 168 valence electrons. The quantitative estimate of drug-likeness (QED) is 0.593. The van der Waals surface area contributed by atoms with Gasteiger partial charge in [0.05, 0.1) is 13.2 Å². The van der Waals surface area contributed by atoms with E-state index >= 15 is 0 Å². The predicted octanol–water partition coefficient (Wildman–Crippen LogP) is 4.77. The summed E-state index contributed by atoms with van der Waals surface area (Å²) in [7, 11) is 0. The normalized spacial score (nSPS) is 33.4. The van der Waals surface area contributed by atoms with Crippen molar-refractivity contribution in [3.8, 4) is 0 Å². The van der Waals surface area contributed by atoms with Gasteiger partial charge in [0.25, 0.3) is 0 Å². The van der Waals surface area contributed by atoms with E-state index in [4.69, 9.17) is 23.7 Å². The van der Waals surface area contributed by atoms with Crippen molar-refractivity contribution in [3.05, 3.63) is 0 Å². The molecule has 29 heavy (non-hydrogen) atoms. The van der Waals surface area contributed by atoms with Crippen molar-refractivity contribution in [2.75, 3.05) is 13.2 Å². The topological polar surface area (TPSA) is 46.2 Å². The average molecular weight is 426 g/mol. The van der Waals surface area contributed by atoms with Gasteiger partial charge >= 0.3 is 12.0 Å². The lowest BCUT2D eigenvalue weighted by Crippen LogP contribution is -2.52. The van der Waals surface area contributed by atoms with Crippen LogP contribution in [0.3, 0.4) is 0 Å². The zero-order chi connectivity index (χ0) is 20.8. The summed E-state index contributed by atoms with van der Waals surface area (Å²) >= 11 is 0. The summed E-state index contributed by atoms with van der Waals surface area (Å²) in [5, 5.41) is 0. The molecule has 2 aliphatic carbocycles. The number of halogens is 4. The zero-order valence-electron chi connectivity index (χ0n) is 16.8. The second-order valence-corrected chi connectivity index (χ2v) is 8.86. The predicted molar refractivity (Wildman–Crippen MR) is 93.7 cm³/mol. The molecule has 0 bridgehead atoms. The minimum absolute atomic E-state index is 0.00287. The van der Waals surface area contributed by atoms with E-state index in [1.54, 1.807) is 0 Å². The summed E-state index contributed by atoms with van der Waals surface area (Å²) in [4.78, 5) is 0. The molecule has 0 aromatic carbocycles. The summed E-state index contributed by atoms with van der Waals surface area (Å²) in [6, 6.07) is 0. The van der Waals surface area contributed by atoms with Crippen LogP contribution in [-0.4, -0.2) is 55.1 Å². The SMILES string of the molecule is CC(F)(F)C(F)(F)OC(C1COC2(CCCCC2)O1)C1COC2(CCCCC2)O1. The fourth-order valence-corrected chi connectivity index (χ4v) is 4.85. The highest BCUT2D eigenvalue weighted by molar-refractivity contribution is 4.94. The van der Waals surface area contributed by atoms with Gasteiger partial charge in [-0.3, -0.25) is 0 Å². The molecule has 0 radical (unpaired) electrons. The van der Waals surface area contributed by atoms with Crippen molar-refractivity contribution >= 4 is 0 Å². The summed E-state index contributed by atoms with van der Waals surface area (Å²) in [6.07, 6.45) is 0.455. The van der Waals surface area contributed by atoms with Gasteiger partial charge in [0.15, 0.2) is 11.6 Å². The maximum Gasteiger partial charge on any atom is 0.419 e. The van der Waals surface area contributed by atoms with Gasteiger partial charge in [0.2, 0.25) is 0 Å². The van der Waals surface area contributed by atoms with E-state index in [2.05, 4.69) is 0 Å². The fourth-order valence-electron chi connectivity index (χ4n) is 4.85. The van der Waals surface area contributed by atoms with Crippen LogP contribution in [0.1, 0.15) is 71.1 Å². The lowest BCUT2D eigenvalue weighted by Gasteiger charge is -2.36. The van der Waals surface area contributed by atoms with Crippen molar-refractivity contribution < 1.29 is 41.2 Å². The summed E-state index contributed by atoms with van der Waals surface area (Å²) in [5.41, 5.74) is 0. The zero-order valence-corrected chi connectivity index (χ0v) is 16.8. The van der Waals surface area contributed by atoms with Gasteiger partial charge in [-0.1, -0.05) is 12.8 Å². The third-order valence-electron chi connectivity index (χ3n) is 6.51. The Morgan fingerprint density at radius 2 is 1.17 bits per heavy atom. The molecular formula is C20H30F4O5. The number of ether oxygens (including phenoxy) is 5. The van der Waals surface area contributed by atoms with Crippen molar-refractivity contribution in [1.29, 1.82) is 0 Å². The van der Waals surface area contributed by atoms with Gasteiger partial charge in [-0.05, 0) is 25.7 Å². The smallest absolute Gasteiger partial charge is 0.347 e. The molecular weight excluding hydrogens is 396 g/mol. The molecule has 4 rings (SSSR count). The monoisotopic (exact) mass is 426 g/mol. The van der Waals surface area contributed by atoms with E-state index < -0.39 is 41.9 Å². The van der Waals surface area contributed by atoms with Gasteiger partial charge in [0.1, 0.15) is 18.3 Å². The fraction of sp³-hybridized carbons (Fsp3) is 1.00. The van der Waals surface area contributed by atoms with Crippen molar-refractivity contribution in [2.45, 2.75) is 113 Å². The van der Waals surface area contributed by atoms with E-state index in [1.807, 2.05) is 0 Å². The molecule has 4 aliphatic rings. The summed E-state index contributed by atoms with van der Waals surface area (Å²) < 4.78 is 83.9. The molecule has 4 fully saturated rings. The standard InChI is InChI=1S/C20H30F4O5/c1-17(21,22)20(23,24)29-16(14-12-25-18(27-14)8-4-2-5-9-18)15-13-26-19(28-15)10-6-3-7-11-19/h14-16H,2-13H2,1H3. The first-order chi connectivity index (χ1) is 13.6. The van der Waals surface area contributed by atoms with E-state index in [0.717, 1.165) is 38.5 Å². The van der Waals surface area contributed by atoms with Crippen LogP contribution in [-0.2, 0) is 23.7 Å². The van der Waals surface area contributed by atoms with Crippen LogP contribution < -0.4 is 0 Å². The molecule has 2 heterocycles. The number of hydrogen-bond donors (Lipinski definition) is 0. The molecule has 5 nitrogen and oxygen atoms in total. The van der Waals surface area contributed by atoms with Gasteiger partial charge < -0.3 is 23.7 Å². The van der Waals surface area contributed by atoms with E-state index in [-0.39, 0.29) is 20.1 Å². The summed E-state index contributed by atoms with van der Waals surface area (Å²) in [6.45, 7) is 0.152. The second-order valence-electron chi connectivity index (χ2n) is 8.86. The number of hydrogen-bond acceptors (Lipinski definition) is 5. The molecule has 9 heteroatoms. The molecule has 0 N–H and O–H groups in total. The van der Waals surface area contributed by atoms with Crippen LogP contribution in [0.5, 0.6) is 0 Å². The molecule has 2 saturated carbocycles. The highest BCUT2D eigenvalue weighted by Crippen LogP contribution is 2.45. The highest BCUT2D eigenvalue weighted by atomic mass is 19.3. The Kier molecular flexibility index (Phi) is 5.92. The molecule has 2 atom stereocenters. The first-order valence-corrected chi connectivity index (χ1v) is 10.7. The minimum atomic E-state index is -4.66. The third-order valence-corrected chi connectivity index (χ3v) is 6.51. The van der Waals surface area contributed by atoms with Crippen LogP contribution >= 0.6 is 0 Å². The third kappa shape index (κ3) is 4.44. The van der Waals surface area contributed by atoms with E-state index in [1.165, 1.54) is 0 Å². The van der Waals surface area contributed by atoms with Crippen LogP contribution in [0.15, 0.2) is 0 Å². The maximum absolute atomic E-state index is 14.2. The van der Waals surface area contributed by atoms with Gasteiger partial charge in [0, 0.05) is 32.6 Å². The lowest BCUT2D eigenvalue weighted by molar-refractivity contribution is -0.373. The van der Waals surface area contributed by atoms with E-state index in [9.17, 15) is 17.6 Å². The van der Waals surface area contributed by atoms with Crippen molar-refractivity contribution in [2.24, 2.45) is 0 Å². The minimum Gasteiger partial charge on any atom is -0.347 e. The molecule has 2 saturated heterocycles. The Hall–Kier alpha value is -0.480. The van der Waals surface area contributed by atoms with Gasteiger partial charge in [-0.2, -0.15) is 17.6 Å². The molecule has 2 spiro atoms. The molecule has 0 amide bonds. The Balaban J connectivity index is 1.52. The second kappa shape index (κ2) is 7.89. The lowest BCUT2D eigenvalue weighted by atomic mass is 9.94.